The lowest BCUT2D eigenvalue weighted by atomic mass is 10.1. The van der Waals surface area contributed by atoms with E-state index in [1.54, 1.807) is 25.1 Å². The van der Waals surface area contributed by atoms with Gasteiger partial charge in [-0.3, -0.25) is 4.79 Å². The number of benzene rings is 1. The molecule has 15 heavy (non-hydrogen) atoms. The van der Waals surface area contributed by atoms with Gasteiger partial charge in [-0.2, -0.15) is 0 Å². The van der Waals surface area contributed by atoms with Crippen LogP contribution in [-0.2, 0) is 4.74 Å². The van der Waals surface area contributed by atoms with Crippen molar-refractivity contribution in [3.05, 3.63) is 34.9 Å². The standard InChI is InChI=1S/C10H10ClNO3/c1-2-15-10(12-14)9(13)7-5-3-4-6-8(7)11/h3-6,14H,2H2,1H3/b12-10-. The lowest BCUT2D eigenvalue weighted by Crippen LogP contribution is -2.18. The summed E-state index contributed by atoms with van der Waals surface area (Å²) in [5, 5.41) is 11.7. The Balaban J connectivity index is 2.99. The van der Waals surface area contributed by atoms with Gasteiger partial charge in [-0.15, -0.1) is 0 Å². The van der Waals surface area contributed by atoms with Crippen LogP contribution in [0, 0.1) is 0 Å². The Labute approximate surface area is 92.1 Å². The largest absolute Gasteiger partial charge is 0.473 e. The zero-order chi connectivity index (χ0) is 11.3. The first-order valence-electron chi connectivity index (χ1n) is 4.34. The molecular weight excluding hydrogens is 218 g/mol. The van der Waals surface area contributed by atoms with Gasteiger partial charge in [0.05, 0.1) is 11.6 Å². The van der Waals surface area contributed by atoms with Gasteiger partial charge in [0.25, 0.3) is 11.7 Å². The molecule has 0 saturated heterocycles. The number of nitrogens with zero attached hydrogens (tertiary/aromatic N) is 1. The molecule has 0 aliphatic carbocycles. The zero-order valence-corrected chi connectivity index (χ0v) is 8.86. The number of oxime groups is 1. The maximum absolute atomic E-state index is 11.7. The molecular formula is C10H10ClNO3. The average molecular weight is 228 g/mol. The van der Waals surface area contributed by atoms with Gasteiger partial charge in [-0.05, 0) is 24.2 Å². The van der Waals surface area contributed by atoms with Crippen LogP contribution in [0.1, 0.15) is 17.3 Å². The molecule has 80 valence electrons. The van der Waals surface area contributed by atoms with Gasteiger partial charge >= 0.3 is 0 Å². The van der Waals surface area contributed by atoms with E-state index in [-0.39, 0.29) is 18.1 Å². The number of carbonyl (C=O) groups excluding carboxylic acids is 1. The van der Waals surface area contributed by atoms with Crippen LogP contribution in [0.3, 0.4) is 0 Å². The number of Topliss-reactive ketones (excluding diaryl/α,β-unsaturated/α-hetero) is 1. The highest BCUT2D eigenvalue weighted by Gasteiger charge is 2.18. The van der Waals surface area contributed by atoms with Crippen LogP contribution < -0.4 is 0 Å². The second-order valence-electron chi connectivity index (χ2n) is 2.65. The SMILES string of the molecule is CCO/C(=N\O)C(=O)c1ccccc1Cl. The highest BCUT2D eigenvalue weighted by Crippen LogP contribution is 2.16. The van der Waals surface area contributed by atoms with Crippen molar-refractivity contribution in [1.82, 2.24) is 0 Å². The van der Waals surface area contributed by atoms with Crippen molar-refractivity contribution >= 4 is 23.3 Å². The van der Waals surface area contributed by atoms with E-state index in [4.69, 9.17) is 21.5 Å². The van der Waals surface area contributed by atoms with E-state index < -0.39 is 5.78 Å². The van der Waals surface area contributed by atoms with Gasteiger partial charge < -0.3 is 9.94 Å². The molecule has 4 nitrogen and oxygen atoms in total. The molecule has 0 aliphatic rings. The molecule has 1 N–H and O–H groups in total. The van der Waals surface area contributed by atoms with Crippen LogP contribution in [0.25, 0.3) is 0 Å². The predicted octanol–water partition coefficient (Wildman–Crippen LogP) is 2.35. The smallest absolute Gasteiger partial charge is 0.299 e. The third-order valence-electron chi connectivity index (χ3n) is 1.68. The first-order valence-corrected chi connectivity index (χ1v) is 4.72. The summed E-state index contributed by atoms with van der Waals surface area (Å²) in [7, 11) is 0. The Morgan fingerprint density at radius 3 is 2.73 bits per heavy atom. The van der Waals surface area contributed by atoms with E-state index in [1.165, 1.54) is 6.07 Å². The maximum Gasteiger partial charge on any atom is 0.299 e. The van der Waals surface area contributed by atoms with Gasteiger partial charge in [-0.25, -0.2) is 0 Å². The van der Waals surface area contributed by atoms with E-state index >= 15 is 0 Å². The van der Waals surface area contributed by atoms with Gasteiger partial charge in [0.15, 0.2) is 0 Å². The molecule has 0 saturated carbocycles. The normalized spacial score (nSPS) is 11.2. The second-order valence-corrected chi connectivity index (χ2v) is 3.05. The first kappa shape index (κ1) is 11.5. The maximum atomic E-state index is 11.7. The van der Waals surface area contributed by atoms with Crippen LogP contribution in [0.4, 0.5) is 0 Å². The molecule has 0 bridgehead atoms. The predicted molar refractivity (Wildman–Crippen MR) is 56.6 cm³/mol. The molecule has 0 aliphatic heterocycles. The van der Waals surface area contributed by atoms with E-state index in [2.05, 4.69) is 5.16 Å². The van der Waals surface area contributed by atoms with Crippen molar-refractivity contribution in [3.63, 3.8) is 0 Å². The highest BCUT2D eigenvalue weighted by molar-refractivity contribution is 6.46. The summed E-state index contributed by atoms with van der Waals surface area (Å²) in [6, 6.07) is 6.49. The second kappa shape index (κ2) is 5.36. The number of carbonyl (C=O) groups is 1. The summed E-state index contributed by atoms with van der Waals surface area (Å²) < 4.78 is 4.85. The molecule has 5 heteroatoms. The van der Waals surface area contributed by atoms with Crippen LogP contribution >= 0.6 is 11.6 Å². The minimum absolute atomic E-state index is 0.246. The van der Waals surface area contributed by atoms with E-state index in [0.29, 0.717) is 5.02 Å². The van der Waals surface area contributed by atoms with Crippen molar-refractivity contribution in [2.75, 3.05) is 6.61 Å². The first-order chi connectivity index (χ1) is 7.20. The summed E-state index contributed by atoms with van der Waals surface area (Å²) in [6.45, 7) is 1.93. The topological polar surface area (TPSA) is 58.9 Å². The minimum Gasteiger partial charge on any atom is -0.473 e. The van der Waals surface area contributed by atoms with E-state index in [9.17, 15) is 4.79 Å². The third-order valence-corrected chi connectivity index (χ3v) is 2.01. The fourth-order valence-electron chi connectivity index (χ4n) is 1.04. The average Bonchev–Trinajstić information content (AvgIpc) is 2.25. The van der Waals surface area contributed by atoms with Crippen molar-refractivity contribution in [2.24, 2.45) is 5.16 Å². The molecule has 0 aromatic heterocycles. The Kier molecular flexibility index (Phi) is 4.12. The summed E-state index contributed by atoms with van der Waals surface area (Å²) in [6.07, 6.45) is 0. The Morgan fingerprint density at radius 1 is 1.53 bits per heavy atom. The van der Waals surface area contributed by atoms with Gasteiger partial charge in [0, 0.05) is 5.56 Å². The molecule has 1 aromatic carbocycles. The number of rotatable bonds is 3. The van der Waals surface area contributed by atoms with Gasteiger partial charge in [0.1, 0.15) is 0 Å². The molecule has 0 amide bonds. The number of hydrogen-bond donors (Lipinski definition) is 1. The van der Waals surface area contributed by atoms with Gasteiger partial charge in [-0.1, -0.05) is 23.7 Å². The number of halogens is 1. The van der Waals surface area contributed by atoms with E-state index in [1.807, 2.05) is 0 Å². The monoisotopic (exact) mass is 227 g/mol. The Bertz CT molecular complexity index is 390. The van der Waals surface area contributed by atoms with Crippen molar-refractivity contribution in [1.29, 1.82) is 0 Å². The van der Waals surface area contributed by atoms with Crippen LogP contribution in [0.15, 0.2) is 29.4 Å². The lowest BCUT2D eigenvalue weighted by Gasteiger charge is -2.05. The summed E-state index contributed by atoms with van der Waals surface area (Å²) in [5.41, 5.74) is 0.250. The molecule has 0 unspecified atom stereocenters. The molecule has 0 atom stereocenters. The Hall–Kier alpha value is -1.55. The molecule has 1 aromatic rings. The number of hydrogen-bond acceptors (Lipinski definition) is 4. The number of ketones is 1. The number of ether oxygens (including phenoxy) is 1. The van der Waals surface area contributed by atoms with Crippen molar-refractivity contribution in [2.45, 2.75) is 6.92 Å². The quantitative estimate of drug-likeness (QED) is 0.284. The van der Waals surface area contributed by atoms with Gasteiger partial charge in [0.2, 0.25) is 0 Å². The summed E-state index contributed by atoms with van der Waals surface area (Å²) >= 11 is 5.81. The zero-order valence-electron chi connectivity index (χ0n) is 8.11. The van der Waals surface area contributed by atoms with Crippen LogP contribution in [0.5, 0.6) is 0 Å². The van der Waals surface area contributed by atoms with Crippen molar-refractivity contribution in [3.8, 4) is 0 Å². The Morgan fingerprint density at radius 2 is 2.20 bits per heavy atom. The summed E-state index contributed by atoms with van der Waals surface area (Å²) in [5.74, 6) is -0.893. The fraction of sp³-hybridized carbons (Fsp3) is 0.200. The third kappa shape index (κ3) is 2.70. The summed E-state index contributed by atoms with van der Waals surface area (Å²) in [4.78, 5) is 11.7. The van der Waals surface area contributed by atoms with Crippen LogP contribution in [0.2, 0.25) is 5.02 Å². The lowest BCUT2D eigenvalue weighted by molar-refractivity contribution is 0.102. The molecule has 0 heterocycles. The fourth-order valence-corrected chi connectivity index (χ4v) is 1.26. The molecule has 0 radical (unpaired) electrons. The molecule has 1 rings (SSSR count). The molecule has 0 spiro atoms. The molecule has 0 fully saturated rings. The van der Waals surface area contributed by atoms with Crippen molar-refractivity contribution < 1.29 is 14.7 Å². The van der Waals surface area contributed by atoms with E-state index in [0.717, 1.165) is 0 Å². The minimum atomic E-state index is -0.537. The highest BCUT2D eigenvalue weighted by atomic mass is 35.5. The van der Waals surface area contributed by atoms with Crippen LogP contribution in [-0.4, -0.2) is 23.5 Å².